The molecule has 9 rings (SSSR count). The lowest BCUT2D eigenvalue weighted by atomic mass is 9.44. The van der Waals surface area contributed by atoms with Crippen molar-refractivity contribution in [2.24, 2.45) is 34.5 Å². The van der Waals surface area contributed by atoms with Crippen molar-refractivity contribution in [3.63, 3.8) is 0 Å². The van der Waals surface area contributed by atoms with Gasteiger partial charge >= 0.3 is 5.97 Å². The molecule has 2 aliphatic heterocycles. The smallest absolute Gasteiger partial charge is 0.344 e. The average molecular weight is 778 g/mol. The molecular formula is C43H53F2N3O8. The van der Waals surface area contributed by atoms with Gasteiger partial charge in [0.05, 0.1) is 24.1 Å². The number of carbonyl (C=O) groups excluding carboxylic acids is 3. The fraction of sp³-hybridized carbons (Fsp3) is 0.674. The van der Waals surface area contributed by atoms with Crippen LogP contribution in [-0.2, 0) is 14.3 Å². The minimum atomic E-state index is -2.06. The molecular weight excluding hydrogens is 724 g/mol. The minimum Gasteiger partial charge on any atom is -0.492 e. The summed E-state index contributed by atoms with van der Waals surface area (Å²) in [6.45, 7) is 6.58. The number of hydrogen-bond acceptors (Lipinski definition) is 10. The summed E-state index contributed by atoms with van der Waals surface area (Å²) in [5.41, 5.74) is -6.10. The number of ketones is 2. The molecule has 10 atom stereocenters. The van der Waals surface area contributed by atoms with Gasteiger partial charge in [0, 0.05) is 54.5 Å². The molecule has 56 heavy (non-hydrogen) atoms. The van der Waals surface area contributed by atoms with Crippen LogP contribution in [0.2, 0.25) is 0 Å². The molecule has 0 radical (unpaired) electrons. The molecule has 7 aliphatic rings. The largest absolute Gasteiger partial charge is 0.492 e. The third-order valence-corrected chi connectivity index (χ3v) is 15.9. The highest BCUT2D eigenvalue weighted by Gasteiger charge is 2.75. The molecule has 0 bridgehead atoms. The van der Waals surface area contributed by atoms with Crippen molar-refractivity contribution in [1.82, 2.24) is 9.88 Å². The first-order valence-electron chi connectivity index (χ1n) is 20.6. The Labute approximate surface area is 324 Å². The number of alkyl halides is 1. The van der Waals surface area contributed by atoms with E-state index in [1.54, 1.807) is 31.4 Å². The van der Waals surface area contributed by atoms with E-state index in [2.05, 4.69) is 5.32 Å². The van der Waals surface area contributed by atoms with Gasteiger partial charge in [0.25, 0.3) is 0 Å². The van der Waals surface area contributed by atoms with E-state index >= 15 is 8.78 Å². The van der Waals surface area contributed by atoms with Crippen molar-refractivity contribution >= 4 is 34.1 Å². The van der Waals surface area contributed by atoms with E-state index in [1.807, 2.05) is 4.90 Å². The molecule has 3 N–H and O–H groups in total. The van der Waals surface area contributed by atoms with Crippen LogP contribution in [0.5, 0.6) is 5.75 Å². The molecule has 2 unspecified atom stereocenters. The average Bonchev–Trinajstić information content (AvgIpc) is 3.89. The van der Waals surface area contributed by atoms with Gasteiger partial charge in [-0.2, -0.15) is 0 Å². The first-order valence-corrected chi connectivity index (χ1v) is 20.6. The van der Waals surface area contributed by atoms with Crippen LogP contribution < -0.4 is 20.4 Å². The third-order valence-electron chi connectivity index (χ3n) is 15.9. The summed E-state index contributed by atoms with van der Waals surface area (Å²) in [4.78, 5) is 56.3. The lowest BCUT2D eigenvalue weighted by molar-refractivity contribution is -0.228. The highest BCUT2D eigenvalue weighted by molar-refractivity contribution is 5.99. The molecule has 2 saturated heterocycles. The normalized spacial score (nSPS) is 39.0. The number of halogens is 2. The molecule has 0 spiro atoms. The van der Waals surface area contributed by atoms with Crippen LogP contribution in [0, 0.1) is 40.3 Å². The number of aliphatic hydroxyl groups excluding tert-OH is 1. The summed E-state index contributed by atoms with van der Waals surface area (Å²) in [6, 6.07) is 1.35. The third kappa shape index (κ3) is 5.07. The highest BCUT2D eigenvalue weighted by atomic mass is 19.1. The number of esters is 1. The Kier molecular flexibility index (Phi) is 8.73. The van der Waals surface area contributed by atoms with Crippen molar-refractivity contribution in [3.05, 3.63) is 45.5 Å². The van der Waals surface area contributed by atoms with E-state index in [1.165, 1.54) is 19.4 Å². The minimum absolute atomic E-state index is 0.0312. The molecule has 1 aromatic heterocycles. The summed E-state index contributed by atoms with van der Waals surface area (Å²) in [5.74, 6) is -3.70. The first-order chi connectivity index (χ1) is 26.6. The quantitative estimate of drug-likeness (QED) is 0.330. The number of aliphatic hydroxyl groups is 2. The topological polar surface area (TPSA) is 147 Å². The van der Waals surface area contributed by atoms with Gasteiger partial charge in [0.1, 0.15) is 22.5 Å². The SMILES string of the molecule is COc1c(N2CC3CCCNC3C2)c(F)cc2c(=O)c(C(=O)OCC(=O)[C@@]3(O)[C@H](C)C[C@H]4[C@@H]5CCC6=CC(=O)CC[C@]6(C)[C@@]5(F)[C@@H](O)C[C@@]43C)cn(C3CC3)c12. The maximum atomic E-state index is 17.7. The number of benzene rings is 1. The first kappa shape index (κ1) is 37.9. The van der Waals surface area contributed by atoms with Crippen molar-refractivity contribution in [2.75, 3.05) is 38.3 Å². The van der Waals surface area contributed by atoms with Gasteiger partial charge < -0.3 is 34.5 Å². The van der Waals surface area contributed by atoms with Crippen molar-refractivity contribution in [3.8, 4) is 5.75 Å². The van der Waals surface area contributed by atoms with Crippen LogP contribution in [0.4, 0.5) is 14.5 Å². The molecule has 2 aromatic rings. The molecule has 6 fully saturated rings. The van der Waals surface area contributed by atoms with Crippen LogP contribution >= 0.6 is 0 Å². The van der Waals surface area contributed by atoms with Crippen LogP contribution in [0.1, 0.15) is 101 Å². The van der Waals surface area contributed by atoms with Gasteiger partial charge in [-0.1, -0.05) is 26.3 Å². The molecule has 302 valence electrons. The monoisotopic (exact) mass is 777 g/mol. The Morgan fingerprint density at radius 1 is 1.09 bits per heavy atom. The number of Topliss-reactive ketones (excluding diaryl/α,β-unsaturated/α-hetero) is 1. The summed E-state index contributed by atoms with van der Waals surface area (Å²) >= 11 is 0. The molecule has 5 aliphatic carbocycles. The zero-order chi connectivity index (χ0) is 39.7. The number of aromatic nitrogens is 1. The number of methoxy groups -OCH3 is 1. The lowest BCUT2D eigenvalue weighted by Gasteiger charge is -2.63. The fourth-order valence-electron chi connectivity index (χ4n) is 12.8. The maximum Gasteiger partial charge on any atom is 0.344 e. The Morgan fingerprint density at radius 3 is 2.57 bits per heavy atom. The molecule has 13 heteroatoms. The van der Waals surface area contributed by atoms with Gasteiger partial charge in [-0.05, 0) is 94.2 Å². The van der Waals surface area contributed by atoms with Crippen molar-refractivity contribution in [1.29, 1.82) is 0 Å². The predicted molar refractivity (Wildman–Crippen MR) is 203 cm³/mol. The number of fused-ring (bicyclic) bond motifs is 7. The number of rotatable bonds is 7. The Hall–Kier alpha value is -3.68. The number of nitrogens with one attached hydrogen (secondary N) is 1. The van der Waals surface area contributed by atoms with Crippen LogP contribution in [0.25, 0.3) is 10.9 Å². The lowest BCUT2D eigenvalue weighted by Crippen LogP contribution is -2.70. The summed E-state index contributed by atoms with van der Waals surface area (Å²) in [5, 5.41) is 27.6. The van der Waals surface area contributed by atoms with Crippen LogP contribution in [0.3, 0.4) is 0 Å². The second kappa shape index (κ2) is 12.9. The number of ether oxygens (including phenoxy) is 2. The second-order valence-corrected chi connectivity index (χ2v) is 18.5. The zero-order valence-corrected chi connectivity index (χ0v) is 32.7. The van der Waals surface area contributed by atoms with E-state index in [9.17, 15) is 29.4 Å². The number of pyridine rings is 1. The molecule has 0 amide bonds. The summed E-state index contributed by atoms with van der Waals surface area (Å²) in [7, 11) is 1.45. The summed E-state index contributed by atoms with van der Waals surface area (Å²) < 4.78 is 47.0. The van der Waals surface area contributed by atoms with E-state index in [4.69, 9.17) is 9.47 Å². The molecule has 1 aromatic carbocycles. The maximum absolute atomic E-state index is 17.7. The number of allylic oxidation sites excluding steroid dienone is 1. The standard InChI is InChI=1S/C43H53F2N3O8/c1-22-14-30-29-10-7-24-15-26(49)11-12-40(24,2)42(29,45)33(50)17-41(30,3)43(22,54)34(51)21-56-39(53)28-19-48(25-8-9-25)35-27(37(28)52)16-31(44)36(38(35)55-4)47-18-23-6-5-13-46-32(23)20-47/h15-16,19,22-23,25,29-30,32-33,46,50,54H,5-14,17-18,20-21H2,1-4H3/t22-,23?,29+,30+,32?,33+,40+,41+,42+,43+/m1/s1. The molecule has 11 nitrogen and oxygen atoms in total. The number of piperidine rings is 1. The van der Waals surface area contributed by atoms with Gasteiger partial charge in [0.15, 0.2) is 24.0 Å². The predicted octanol–water partition coefficient (Wildman–Crippen LogP) is 4.97. The highest BCUT2D eigenvalue weighted by Crippen LogP contribution is 2.71. The fourth-order valence-corrected chi connectivity index (χ4v) is 12.8. The van der Waals surface area contributed by atoms with Crippen molar-refractivity contribution in [2.45, 2.75) is 114 Å². The summed E-state index contributed by atoms with van der Waals surface area (Å²) in [6.07, 6.45) is 6.60. The zero-order valence-electron chi connectivity index (χ0n) is 32.7. The van der Waals surface area contributed by atoms with Crippen LogP contribution in [-0.4, -0.2) is 89.1 Å². The number of nitrogens with zero attached hydrogens (tertiary/aromatic N) is 2. The second-order valence-electron chi connectivity index (χ2n) is 18.5. The van der Waals surface area contributed by atoms with Crippen LogP contribution in [0.15, 0.2) is 28.7 Å². The number of carbonyl (C=O) groups is 3. The Bertz CT molecular complexity index is 2120. The van der Waals surface area contributed by atoms with Crippen molar-refractivity contribution < 1.29 is 42.9 Å². The van der Waals surface area contributed by atoms with E-state index < -0.39 is 75.6 Å². The molecule has 3 heterocycles. The van der Waals surface area contributed by atoms with Gasteiger partial charge in [-0.25, -0.2) is 13.6 Å². The van der Waals surface area contributed by atoms with E-state index in [0.717, 1.165) is 37.8 Å². The Morgan fingerprint density at radius 2 is 1.86 bits per heavy atom. The van der Waals surface area contributed by atoms with Gasteiger partial charge in [0.2, 0.25) is 11.2 Å². The van der Waals surface area contributed by atoms with E-state index in [-0.39, 0.29) is 53.8 Å². The number of anilines is 1. The Balaban J connectivity index is 0.995. The van der Waals surface area contributed by atoms with Gasteiger partial charge in [-0.3, -0.25) is 14.4 Å². The number of hydrogen-bond donors (Lipinski definition) is 3. The van der Waals surface area contributed by atoms with Gasteiger partial charge in [-0.15, -0.1) is 0 Å². The molecule has 4 saturated carbocycles. The van der Waals surface area contributed by atoms with E-state index in [0.29, 0.717) is 49.5 Å².